The number of likely N-dealkylation sites (N-methyl/N-ethyl adjacent to an activating group) is 1. The van der Waals surface area contributed by atoms with E-state index in [0.717, 1.165) is 29.1 Å². The first kappa shape index (κ1) is 23.1. The molecule has 172 valence electrons. The highest BCUT2D eigenvalue weighted by molar-refractivity contribution is 8.18. The number of nitrogens with zero attached hydrogens (tertiary/aromatic N) is 2. The maximum atomic E-state index is 15.1. The van der Waals surface area contributed by atoms with Crippen LogP contribution in [0.5, 0.6) is 5.75 Å². The second kappa shape index (κ2) is 9.06. The number of thioether (sulfide) groups is 1. The number of hydrogen-bond acceptors (Lipinski definition) is 5. The van der Waals surface area contributed by atoms with Gasteiger partial charge in [-0.3, -0.25) is 4.79 Å². The van der Waals surface area contributed by atoms with Crippen molar-refractivity contribution in [1.29, 1.82) is 0 Å². The monoisotopic (exact) mass is 465 g/mol. The molecule has 0 radical (unpaired) electrons. The highest BCUT2D eigenvalue weighted by Gasteiger charge is 2.31. The number of aliphatic imine (C=N–C) groups is 1. The zero-order valence-corrected chi connectivity index (χ0v) is 20.3. The van der Waals surface area contributed by atoms with Crippen molar-refractivity contribution in [2.24, 2.45) is 4.99 Å². The second-order valence-corrected chi connectivity index (χ2v) is 9.56. The van der Waals surface area contributed by atoms with E-state index in [4.69, 9.17) is 4.74 Å². The van der Waals surface area contributed by atoms with E-state index in [9.17, 15) is 4.79 Å². The first-order valence-electron chi connectivity index (χ1n) is 11.0. The van der Waals surface area contributed by atoms with Crippen LogP contribution in [-0.2, 0) is 4.79 Å². The van der Waals surface area contributed by atoms with Crippen LogP contribution >= 0.6 is 11.8 Å². The average Bonchev–Trinajstić information content (AvgIpc) is 3.09. The number of benzene rings is 2. The van der Waals surface area contributed by atoms with Gasteiger partial charge in [-0.2, -0.15) is 0 Å². The molecule has 2 aromatic rings. The molecule has 1 N–H and O–H groups in total. The molecule has 0 saturated carbocycles. The number of halogens is 1. The molecule has 0 aromatic heterocycles. The van der Waals surface area contributed by atoms with Gasteiger partial charge in [0.15, 0.2) is 5.17 Å². The van der Waals surface area contributed by atoms with Gasteiger partial charge in [0.05, 0.1) is 22.7 Å². The number of fused-ring (bicyclic) bond motifs is 1. The van der Waals surface area contributed by atoms with Crippen molar-refractivity contribution >= 4 is 45.9 Å². The Morgan fingerprint density at radius 3 is 2.61 bits per heavy atom. The molecule has 0 aliphatic carbocycles. The number of ether oxygens (including phenoxy) is 1. The molecule has 1 saturated heterocycles. The van der Waals surface area contributed by atoms with Crippen LogP contribution in [0.3, 0.4) is 0 Å². The molecule has 2 aliphatic rings. The molecule has 2 aromatic carbocycles. The molecular formula is C26H28FN3O2S. The third-order valence-corrected chi connectivity index (χ3v) is 6.64. The van der Waals surface area contributed by atoms with Gasteiger partial charge in [-0.1, -0.05) is 6.08 Å². The van der Waals surface area contributed by atoms with Crippen LogP contribution in [0.4, 0.5) is 15.8 Å². The third-order valence-electron chi connectivity index (χ3n) is 5.73. The summed E-state index contributed by atoms with van der Waals surface area (Å²) >= 11 is 1.20. The predicted molar refractivity (Wildman–Crippen MR) is 136 cm³/mol. The Kier molecular flexibility index (Phi) is 6.34. The van der Waals surface area contributed by atoms with Crippen LogP contribution in [0.15, 0.2) is 52.4 Å². The van der Waals surface area contributed by atoms with E-state index < -0.39 is 0 Å². The molecule has 5 nitrogen and oxygen atoms in total. The number of anilines is 1. The number of amidine groups is 1. The Morgan fingerprint density at radius 1 is 1.21 bits per heavy atom. The minimum absolute atomic E-state index is 0.189. The van der Waals surface area contributed by atoms with Crippen LogP contribution in [0.2, 0.25) is 0 Å². The van der Waals surface area contributed by atoms with Crippen LogP contribution in [-0.4, -0.2) is 29.8 Å². The summed E-state index contributed by atoms with van der Waals surface area (Å²) in [5.74, 6) is 0.128. The van der Waals surface area contributed by atoms with Crippen molar-refractivity contribution < 1.29 is 13.9 Å². The SMILES string of the molecule is CCOc1ccc(N=C2NC(=O)/C(=C\c3cc4c(cc3F)N(CC)C(C)(C)C=C4C)S2)cc1. The van der Waals surface area contributed by atoms with Gasteiger partial charge < -0.3 is 15.0 Å². The van der Waals surface area contributed by atoms with Gasteiger partial charge in [-0.25, -0.2) is 9.38 Å². The van der Waals surface area contributed by atoms with Gasteiger partial charge in [0.1, 0.15) is 11.6 Å². The van der Waals surface area contributed by atoms with Crippen LogP contribution in [0.1, 0.15) is 45.7 Å². The third kappa shape index (κ3) is 4.69. The van der Waals surface area contributed by atoms with Crippen molar-refractivity contribution in [2.45, 2.75) is 40.2 Å². The molecule has 0 atom stereocenters. The smallest absolute Gasteiger partial charge is 0.264 e. The summed E-state index contributed by atoms with van der Waals surface area (Å²) in [4.78, 5) is 19.6. The summed E-state index contributed by atoms with van der Waals surface area (Å²) in [6, 6.07) is 10.7. The molecule has 0 bridgehead atoms. The summed E-state index contributed by atoms with van der Waals surface area (Å²) in [6.45, 7) is 11.7. The summed E-state index contributed by atoms with van der Waals surface area (Å²) in [7, 11) is 0. The zero-order valence-electron chi connectivity index (χ0n) is 19.5. The fourth-order valence-corrected chi connectivity index (χ4v) is 5.16. The normalized spacial score (nSPS) is 19.5. The van der Waals surface area contributed by atoms with Crippen LogP contribution < -0.4 is 15.0 Å². The number of amides is 1. The van der Waals surface area contributed by atoms with E-state index >= 15 is 4.39 Å². The molecule has 0 unspecified atom stereocenters. The summed E-state index contributed by atoms with van der Waals surface area (Å²) in [6.07, 6.45) is 3.80. The molecule has 2 aliphatic heterocycles. The molecular weight excluding hydrogens is 437 g/mol. The van der Waals surface area contributed by atoms with Crippen LogP contribution in [0.25, 0.3) is 11.6 Å². The lowest BCUT2D eigenvalue weighted by Crippen LogP contribution is -2.45. The van der Waals surface area contributed by atoms with Gasteiger partial charge in [0, 0.05) is 23.4 Å². The lowest BCUT2D eigenvalue weighted by Gasteiger charge is -2.42. The fraction of sp³-hybridized carbons (Fsp3) is 0.308. The van der Waals surface area contributed by atoms with Crippen molar-refractivity contribution in [3.8, 4) is 5.75 Å². The van der Waals surface area contributed by atoms with Crippen LogP contribution in [0, 0.1) is 5.82 Å². The summed E-state index contributed by atoms with van der Waals surface area (Å²) < 4.78 is 20.6. The molecule has 33 heavy (non-hydrogen) atoms. The summed E-state index contributed by atoms with van der Waals surface area (Å²) in [5, 5.41) is 3.22. The van der Waals surface area contributed by atoms with E-state index in [1.165, 1.54) is 11.8 Å². The number of hydrogen-bond donors (Lipinski definition) is 1. The minimum Gasteiger partial charge on any atom is -0.494 e. The van der Waals surface area contributed by atoms with Gasteiger partial charge in [0.25, 0.3) is 5.91 Å². The topological polar surface area (TPSA) is 53.9 Å². The first-order chi connectivity index (χ1) is 15.7. The van der Waals surface area contributed by atoms with Crippen molar-refractivity contribution in [3.63, 3.8) is 0 Å². The Morgan fingerprint density at radius 2 is 1.94 bits per heavy atom. The fourth-order valence-electron chi connectivity index (χ4n) is 4.33. The minimum atomic E-state index is -0.351. The van der Waals surface area contributed by atoms with Crippen molar-refractivity contribution in [2.75, 3.05) is 18.1 Å². The highest BCUT2D eigenvalue weighted by Crippen LogP contribution is 2.40. The Hall–Kier alpha value is -3.06. The number of nitrogens with one attached hydrogen (secondary N) is 1. The van der Waals surface area contributed by atoms with Gasteiger partial charge in [-0.15, -0.1) is 0 Å². The standard InChI is InChI=1S/C26H28FN3O2S/c1-6-30-22-14-21(27)17(12-20(22)16(3)15-26(30,4)5)13-23-24(31)29-25(33-23)28-18-8-10-19(11-9-18)32-7-2/h8-15H,6-7H2,1-5H3,(H,28,29,31)/b23-13+. The molecule has 2 heterocycles. The molecule has 4 rings (SSSR count). The molecule has 1 amide bonds. The van der Waals surface area contributed by atoms with E-state index in [1.54, 1.807) is 12.1 Å². The van der Waals surface area contributed by atoms with E-state index in [0.29, 0.717) is 27.9 Å². The van der Waals surface area contributed by atoms with Gasteiger partial charge in [0.2, 0.25) is 0 Å². The Labute approximate surface area is 198 Å². The number of rotatable bonds is 5. The highest BCUT2D eigenvalue weighted by atomic mass is 32.2. The second-order valence-electron chi connectivity index (χ2n) is 8.52. The molecule has 1 fully saturated rings. The zero-order chi connectivity index (χ0) is 23.8. The van der Waals surface area contributed by atoms with E-state index in [-0.39, 0.29) is 17.3 Å². The Balaban J connectivity index is 1.62. The number of allylic oxidation sites excluding steroid dienone is 1. The summed E-state index contributed by atoms with van der Waals surface area (Å²) in [5.41, 5.74) is 3.86. The Bertz CT molecular complexity index is 1180. The predicted octanol–water partition coefficient (Wildman–Crippen LogP) is 6.14. The van der Waals surface area contributed by atoms with Gasteiger partial charge in [-0.05, 0) is 94.4 Å². The number of carbonyl (C=O) groups excluding carboxylic acids is 1. The maximum Gasteiger partial charge on any atom is 0.264 e. The van der Waals surface area contributed by atoms with Crippen molar-refractivity contribution in [1.82, 2.24) is 5.32 Å². The largest absolute Gasteiger partial charge is 0.494 e. The average molecular weight is 466 g/mol. The first-order valence-corrected chi connectivity index (χ1v) is 11.9. The van der Waals surface area contributed by atoms with E-state index in [1.807, 2.05) is 44.2 Å². The van der Waals surface area contributed by atoms with E-state index in [2.05, 4.69) is 42.1 Å². The molecule has 7 heteroatoms. The maximum absolute atomic E-state index is 15.1. The van der Waals surface area contributed by atoms with Gasteiger partial charge >= 0.3 is 0 Å². The quantitative estimate of drug-likeness (QED) is 0.539. The lowest BCUT2D eigenvalue weighted by molar-refractivity contribution is -0.115. The molecule has 0 spiro atoms. The van der Waals surface area contributed by atoms with Crippen molar-refractivity contribution in [3.05, 3.63) is 64.3 Å². The number of carbonyl (C=O) groups is 1. The lowest BCUT2D eigenvalue weighted by atomic mass is 9.88.